The first-order valence-electron chi connectivity index (χ1n) is 2.78. The molecule has 0 aliphatic rings. The van der Waals surface area contributed by atoms with Gasteiger partial charge in [-0.3, -0.25) is 0 Å². The average molecular weight is 112 g/mol. The van der Waals surface area contributed by atoms with Crippen LogP contribution in [0.1, 0.15) is 13.3 Å². The molecule has 0 saturated heterocycles. The lowest BCUT2D eigenvalue weighted by atomic mass is 10.3. The average Bonchev–Trinajstić information content (AvgIpc) is 1.81. The summed E-state index contributed by atoms with van der Waals surface area (Å²) in [5.41, 5.74) is 0. The molecular weight excluding hydrogens is 100 g/mol. The normalized spacial score (nSPS) is 11.8. The van der Waals surface area contributed by atoms with E-state index in [2.05, 4.69) is 0 Å². The van der Waals surface area contributed by atoms with E-state index in [0.717, 1.165) is 6.42 Å². The quantitative estimate of drug-likeness (QED) is 0.548. The molecule has 1 heteroatoms. The lowest BCUT2D eigenvalue weighted by molar-refractivity contribution is 0.342. The molecule has 0 aromatic heterocycles. The predicted octanol–water partition coefficient (Wildman–Crippen LogP) is 1.50. The Labute approximate surface area is 50.3 Å². The highest BCUT2D eigenvalue weighted by atomic mass is 16.2. The van der Waals surface area contributed by atoms with Gasteiger partial charge in [0.25, 0.3) is 0 Å². The molecule has 0 heterocycles. The molecule has 0 bridgehead atoms. The van der Waals surface area contributed by atoms with E-state index >= 15 is 0 Å². The van der Waals surface area contributed by atoms with Crippen LogP contribution in [-0.4, -0.2) is 11.7 Å². The Morgan fingerprint density at radius 3 is 2.50 bits per heavy atom. The monoisotopic (exact) mass is 112 g/mol. The summed E-state index contributed by atoms with van der Waals surface area (Å²) < 4.78 is 0. The van der Waals surface area contributed by atoms with Crippen LogP contribution >= 0.6 is 0 Å². The molecule has 0 radical (unpaired) electrons. The van der Waals surface area contributed by atoms with Gasteiger partial charge in [-0.25, -0.2) is 0 Å². The molecule has 0 unspecified atom stereocenters. The third kappa shape index (κ3) is 5.44. The summed E-state index contributed by atoms with van der Waals surface area (Å²) in [4.78, 5) is 0. The number of allylic oxidation sites excluding steroid dienone is 3. The maximum Gasteiger partial charge on any atom is 0.0612 e. The van der Waals surface area contributed by atoms with Crippen LogP contribution in [-0.2, 0) is 0 Å². The van der Waals surface area contributed by atoms with Gasteiger partial charge in [0.15, 0.2) is 0 Å². The zero-order valence-electron chi connectivity index (χ0n) is 5.17. The van der Waals surface area contributed by atoms with Crippen LogP contribution in [0.25, 0.3) is 0 Å². The molecular formula is C7H12O. The minimum absolute atomic E-state index is 0.150. The maximum absolute atomic E-state index is 8.25. The molecule has 1 N–H and O–H groups in total. The predicted molar refractivity (Wildman–Crippen MR) is 35.7 cm³/mol. The van der Waals surface area contributed by atoms with Gasteiger partial charge in [-0.1, -0.05) is 24.3 Å². The first kappa shape index (κ1) is 7.44. The Balaban J connectivity index is 3.03. The van der Waals surface area contributed by atoms with Gasteiger partial charge < -0.3 is 5.11 Å². The Morgan fingerprint density at radius 1 is 1.25 bits per heavy atom. The first-order valence-corrected chi connectivity index (χ1v) is 2.78. The lowest BCUT2D eigenvalue weighted by Crippen LogP contribution is -1.68. The molecule has 1 nitrogen and oxygen atoms in total. The van der Waals surface area contributed by atoms with Gasteiger partial charge in [-0.15, -0.1) is 0 Å². The Kier molecular flexibility index (Phi) is 5.99. The van der Waals surface area contributed by atoms with Crippen molar-refractivity contribution < 1.29 is 5.11 Å². The van der Waals surface area contributed by atoms with Crippen molar-refractivity contribution in [3.05, 3.63) is 24.3 Å². The molecule has 0 aromatic rings. The van der Waals surface area contributed by atoms with Gasteiger partial charge in [-0.05, 0) is 13.3 Å². The van der Waals surface area contributed by atoms with Crippen LogP contribution in [0.2, 0.25) is 0 Å². The number of hydrogen-bond acceptors (Lipinski definition) is 1. The second-order valence-electron chi connectivity index (χ2n) is 1.46. The minimum atomic E-state index is 0.150. The highest BCUT2D eigenvalue weighted by Crippen LogP contribution is 1.83. The Morgan fingerprint density at radius 2 is 2.00 bits per heavy atom. The smallest absolute Gasteiger partial charge is 0.0612 e. The Hall–Kier alpha value is -0.560. The minimum Gasteiger partial charge on any atom is -0.392 e. The van der Waals surface area contributed by atoms with E-state index in [-0.39, 0.29) is 6.61 Å². The van der Waals surface area contributed by atoms with E-state index in [0.29, 0.717) is 0 Å². The van der Waals surface area contributed by atoms with Crippen LogP contribution in [0.5, 0.6) is 0 Å². The van der Waals surface area contributed by atoms with Crippen molar-refractivity contribution >= 4 is 0 Å². The zero-order chi connectivity index (χ0) is 6.24. The van der Waals surface area contributed by atoms with Crippen molar-refractivity contribution in [2.45, 2.75) is 13.3 Å². The summed E-state index contributed by atoms with van der Waals surface area (Å²) in [5, 5.41) is 8.25. The molecule has 0 spiro atoms. The summed E-state index contributed by atoms with van der Waals surface area (Å²) in [6.45, 7) is 2.13. The standard InChI is InChI=1S/C7H12O/c1-2-3-4-5-6-7-8/h2-3,5-6,8H,4,7H2,1H3/b3-2-,6-5-. The fraction of sp³-hybridized carbons (Fsp3) is 0.429. The summed E-state index contributed by atoms with van der Waals surface area (Å²) in [6, 6.07) is 0. The third-order valence-corrected chi connectivity index (χ3v) is 0.780. The van der Waals surface area contributed by atoms with E-state index in [1.54, 1.807) is 6.08 Å². The van der Waals surface area contributed by atoms with Crippen LogP contribution in [0.4, 0.5) is 0 Å². The molecule has 0 amide bonds. The number of aliphatic hydroxyl groups excluding tert-OH is 1. The third-order valence-electron chi connectivity index (χ3n) is 0.780. The summed E-state index contributed by atoms with van der Waals surface area (Å²) >= 11 is 0. The van der Waals surface area contributed by atoms with Gasteiger partial charge in [0.2, 0.25) is 0 Å². The molecule has 0 fully saturated rings. The zero-order valence-corrected chi connectivity index (χ0v) is 5.17. The van der Waals surface area contributed by atoms with Crippen LogP contribution < -0.4 is 0 Å². The van der Waals surface area contributed by atoms with Gasteiger partial charge >= 0.3 is 0 Å². The van der Waals surface area contributed by atoms with E-state index in [9.17, 15) is 0 Å². The highest BCUT2D eigenvalue weighted by molar-refractivity contribution is 4.90. The highest BCUT2D eigenvalue weighted by Gasteiger charge is 1.65. The number of rotatable bonds is 3. The van der Waals surface area contributed by atoms with E-state index in [1.807, 2.05) is 25.2 Å². The van der Waals surface area contributed by atoms with Crippen molar-refractivity contribution in [3.63, 3.8) is 0 Å². The van der Waals surface area contributed by atoms with Crippen LogP contribution in [0.3, 0.4) is 0 Å². The van der Waals surface area contributed by atoms with Crippen molar-refractivity contribution in [1.82, 2.24) is 0 Å². The SMILES string of the molecule is C/C=C\C/C=C\CO. The van der Waals surface area contributed by atoms with Crippen molar-refractivity contribution in [3.8, 4) is 0 Å². The summed E-state index contributed by atoms with van der Waals surface area (Å²) in [6.07, 6.45) is 8.62. The van der Waals surface area contributed by atoms with Crippen molar-refractivity contribution in [2.75, 3.05) is 6.61 Å². The van der Waals surface area contributed by atoms with Crippen LogP contribution in [0.15, 0.2) is 24.3 Å². The molecule has 0 rings (SSSR count). The fourth-order valence-corrected chi connectivity index (χ4v) is 0.385. The molecule has 0 aliphatic carbocycles. The first-order chi connectivity index (χ1) is 3.91. The van der Waals surface area contributed by atoms with Gasteiger partial charge in [0.05, 0.1) is 6.61 Å². The Bertz CT molecular complexity index is 82.4. The number of aliphatic hydroxyl groups is 1. The van der Waals surface area contributed by atoms with Crippen molar-refractivity contribution in [1.29, 1.82) is 0 Å². The summed E-state index contributed by atoms with van der Waals surface area (Å²) in [7, 11) is 0. The van der Waals surface area contributed by atoms with Gasteiger partial charge in [0.1, 0.15) is 0 Å². The van der Waals surface area contributed by atoms with Crippen molar-refractivity contribution in [2.24, 2.45) is 0 Å². The van der Waals surface area contributed by atoms with E-state index < -0.39 is 0 Å². The van der Waals surface area contributed by atoms with E-state index in [4.69, 9.17) is 5.11 Å². The molecule has 8 heavy (non-hydrogen) atoms. The molecule has 0 aromatic carbocycles. The topological polar surface area (TPSA) is 20.2 Å². The molecule has 0 aliphatic heterocycles. The second-order valence-corrected chi connectivity index (χ2v) is 1.46. The van der Waals surface area contributed by atoms with Gasteiger partial charge in [-0.2, -0.15) is 0 Å². The van der Waals surface area contributed by atoms with Crippen LogP contribution in [0, 0.1) is 0 Å². The number of hydrogen-bond donors (Lipinski definition) is 1. The van der Waals surface area contributed by atoms with E-state index in [1.165, 1.54) is 0 Å². The second kappa shape index (κ2) is 6.44. The summed E-state index contributed by atoms with van der Waals surface area (Å²) in [5.74, 6) is 0. The molecule has 46 valence electrons. The van der Waals surface area contributed by atoms with Gasteiger partial charge in [0, 0.05) is 0 Å². The largest absolute Gasteiger partial charge is 0.392 e. The maximum atomic E-state index is 8.25. The molecule has 0 saturated carbocycles. The molecule has 0 atom stereocenters. The lowest BCUT2D eigenvalue weighted by Gasteiger charge is -1.77. The fourth-order valence-electron chi connectivity index (χ4n) is 0.385.